The van der Waals surface area contributed by atoms with Gasteiger partial charge in [-0.25, -0.2) is 18.4 Å². The standard InChI is InChI=1S/C26H27ClN6O4S/c1-26(2,25(28)34)33(3)16-8-7-9-18(14-16)38(35,36)32-24-23(29-20-10-5-6-11-21(20)30-24)31-22-15-17(37-4)12-13-19(22)27/h5-15H,1-4H3,(H2,28,34)(H,29,31)(H,30,32). The van der Waals surface area contributed by atoms with E-state index in [4.69, 9.17) is 22.1 Å². The number of hydrogen-bond acceptors (Lipinski definition) is 8. The van der Waals surface area contributed by atoms with E-state index in [9.17, 15) is 13.2 Å². The van der Waals surface area contributed by atoms with Gasteiger partial charge in [0.2, 0.25) is 5.91 Å². The molecule has 0 aliphatic rings. The van der Waals surface area contributed by atoms with Crippen molar-refractivity contribution >= 4 is 61.6 Å². The molecule has 4 rings (SSSR count). The summed E-state index contributed by atoms with van der Waals surface area (Å²) in [7, 11) is -0.943. The molecular weight excluding hydrogens is 528 g/mol. The highest BCUT2D eigenvalue weighted by atomic mass is 35.5. The van der Waals surface area contributed by atoms with Crippen LogP contribution in [0.15, 0.2) is 71.6 Å². The Morgan fingerprint density at radius 3 is 2.29 bits per heavy atom. The summed E-state index contributed by atoms with van der Waals surface area (Å²) >= 11 is 6.37. The maximum Gasteiger partial charge on any atom is 0.263 e. The topological polar surface area (TPSA) is 140 Å². The first-order valence-corrected chi connectivity index (χ1v) is 13.3. The van der Waals surface area contributed by atoms with Crippen LogP contribution in [0.2, 0.25) is 5.02 Å². The van der Waals surface area contributed by atoms with E-state index >= 15 is 0 Å². The lowest BCUT2D eigenvalue weighted by Crippen LogP contribution is -2.51. The van der Waals surface area contributed by atoms with E-state index in [1.807, 2.05) is 0 Å². The van der Waals surface area contributed by atoms with Crippen LogP contribution in [-0.4, -0.2) is 44.0 Å². The van der Waals surface area contributed by atoms with Gasteiger partial charge < -0.3 is 20.7 Å². The molecule has 38 heavy (non-hydrogen) atoms. The molecule has 4 N–H and O–H groups in total. The number of benzene rings is 3. The first kappa shape index (κ1) is 27.0. The van der Waals surface area contributed by atoms with Crippen LogP contribution in [0.4, 0.5) is 23.0 Å². The highest BCUT2D eigenvalue weighted by molar-refractivity contribution is 7.92. The van der Waals surface area contributed by atoms with Crippen LogP contribution in [0.25, 0.3) is 11.0 Å². The SMILES string of the molecule is COc1ccc(Cl)c(Nc2nc3ccccc3nc2NS(=O)(=O)c2cccc(N(C)C(C)(C)C(N)=O)c2)c1. The average molecular weight is 555 g/mol. The highest BCUT2D eigenvalue weighted by Crippen LogP contribution is 2.33. The number of para-hydroxylation sites is 2. The predicted octanol–water partition coefficient (Wildman–Crippen LogP) is 4.54. The minimum absolute atomic E-state index is 0.0289. The molecule has 1 heterocycles. The molecule has 0 spiro atoms. The third kappa shape index (κ3) is 5.43. The maximum absolute atomic E-state index is 13.5. The fourth-order valence-electron chi connectivity index (χ4n) is 3.55. The van der Waals surface area contributed by atoms with Crippen molar-refractivity contribution in [2.45, 2.75) is 24.3 Å². The summed E-state index contributed by atoms with van der Waals surface area (Å²) in [5, 5.41) is 3.45. The number of methoxy groups -OCH3 is 1. The van der Waals surface area contributed by atoms with Crippen molar-refractivity contribution in [3.63, 3.8) is 0 Å². The van der Waals surface area contributed by atoms with Crippen LogP contribution in [0.3, 0.4) is 0 Å². The van der Waals surface area contributed by atoms with Crippen LogP contribution in [0, 0.1) is 0 Å². The van der Waals surface area contributed by atoms with Crippen LogP contribution < -0.4 is 25.4 Å². The van der Waals surface area contributed by atoms with Gasteiger partial charge in [-0.3, -0.25) is 9.52 Å². The third-order valence-corrected chi connectivity index (χ3v) is 7.85. The van der Waals surface area contributed by atoms with E-state index in [1.54, 1.807) is 80.4 Å². The Hall–Kier alpha value is -4.09. The molecule has 0 fully saturated rings. The monoisotopic (exact) mass is 554 g/mol. The molecular formula is C26H27ClN6O4S. The van der Waals surface area contributed by atoms with Gasteiger partial charge in [-0.2, -0.15) is 0 Å². The maximum atomic E-state index is 13.5. The second-order valence-electron chi connectivity index (χ2n) is 8.97. The molecule has 12 heteroatoms. The normalized spacial score (nSPS) is 11.7. The molecule has 0 unspecified atom stereocenters. The Balaban J connectivity index is 1.75. The van der Waals surface area contributed by atoms with E-state index in [0.29, 0.717) is 33.2 Å². The molecule has 0 radical (unpaired) electrons. The third-order valence-electron chi connectivity index (χ3n) is 6.18. The summed E-state index contributed by atoms with van der Waals surface area (Å²) < 4.78 is 34.8. The van der Waals surface area contributed by atoms with Crippen LogP contribution in [0.5, 0.6) is 5.75 Å². The summed E-state index contributed by atoms with van der Waals surface area (Å²) in [5.74, 6) is 0.113. The first-order chi connectivity index (χ1) is 17.9. The fourth-order valence-corrected chi connectivity index (χ4v) is 4.76. The van der Waals surface area contributed by atoms with E-state index < -0.39 is 21.5 Å². The van der Waals surface area contributed by atoms with Crippen LogP contribution >= 0.6 is 11.6 Å². The largest absolute Gasteiger partial charge is 0.497 e. The van der Waals surface area contributed by atoms with Gasteiger partial charge in [-0.1, -0.05) is 29.8 Å². The van der Waals surface area contributed by atoms with Gasteiger partial charge in [-0.05, 0) is 56.3 Å². The number of ether oxygens (including phenoxy) is 1. The highest BCUT2D eigenvalue weighted by Gasteiger charge is 2.31. The summed E-state index contributed by atoms with van der Waals surface area (Å²) in [4.78, 5) is 22.6. The molecule has 3 aromatic carbocycles. The van der Waals surface area contributed by atoms with Crippen LogP contribution in [-0.2, 0) is 14.8 Å². The Morgan fingerprint density at radius 1 is 1.00 bits per heavy atom. The molecule has 0 bridgehead atoms. The number of anilines is 4. The molecule has 198 valence electrons. The lowest BCUT2D eigenvalue weighted by molar-refractivity contribution is -0.122. The number of nitrogens with two attached hydrogens (primary N) is 1. The van der Waals surface area contributed by atoms with Gasteiger partial charge in [0.15, 0.2) is 11.6 Å². The molecule has 0 saturated carbocycles. The van der Waals surface area contributed by atoms with Gasteiger partial charge in [-0.15, -0.1) is 0 Å². The molecule has 10 nitrogen and oxygen atoms in total. The van der Waals surface area contributed by atoms with E-state index in [1.165, 1.54) is 19.2 Å². The van der Waals surface area contributed by atoms with Gasteiger partial charge in [0.1, 0.15) is 11.3 Å². The predicted molar refractivity (Wildman–Crippen MR) is 150 cm³/mol. The molecule has 1 aromatic heterocycles. The minimum atomic E-state index is -4.13. The van der Waals surface area contributed by atoms with Gasteiger partial charge in [0.05, 0.1) is 33.7 Å². The number of amides is 1. The zero-order valence-corrected chi connectivity index (χ0v) is 22.8. The molecule has 4 aromatic rings. The van der Waals surface area contributed by atoms with Crippen molar-refractivity contribution in [3.8, 4) is 5.75 Å². The summed E-state index contributed by atoms with van der Waals surface area (Å²) in [6.45, 7) is 3.31. The van der Waals surface area contributed by atoms with E-state index in [2.05, 4.69) is 20.0 Å². The van der Waals surface area contributed by atoms with E-state index in [-0.39, 0.29) is 16.5 Å². The quantitative estimate of drug-likeness (QED) is 0.274. The van der Waals surface area contributed by atoms with Crippen molar-refractivity contribution < 1.29 is 17.9 Å². The van der Waals surface area contributed by atoms with E-state index in [0.717, 1.165) is 0 Å². The number of rotatable bonds is 9. The number of sulfonamides is 1. The smallest absolute Gasteiger partial charge is 0.263 e. The number of carbonyl (C=O) groups excluding carboxylic acids is 1. The zero-order valence-electron chi connectivity index (χ0n) is 21.2. The number of nitrogens with one attached hydrogen (secondary N) is 2. The zero-order chi connectivity index (χ0) is 27.7. The average Bonchev–Trinajstić information content (AvgIpc) is 2.89. The Kier molecular flexibility index (Phi) is 7.34. The van der Waals surface area contributed by atoms with Crippen molar-refractivity contribution in [1.82, 2.24) is 9.97 Å². The number of fused-ring (bicyclic) bond motifs is 1. The Bertz CT molecular complexity index is 1630. The number of aromatic nitrogens is 2. The number of likely N-dealkylation sites (N-methyl/N-ethyl adjacent to an activating group) is 1. The summed E-state index contributed by atoms with van der Waals surface area (Å²) in [5.41, 5.74) is 6.47. The minimum Gasteiger partial charge on any atom is -0.497 e. The lowest BCUT2D eigenvalue weighted by Gasteiger charge is -2.34. The van der Waals surface area contributed by atoms with Crippen molar-refractivity contribution in [1.29, 1.82) is 0 Å². The van der Waals surface area contributed by atoms with Crippen molar-refractivity contribution in [3.05, 3.63) is 71.8 Å². The van der Waals surface area contributed by atoms with Crippen LogP contribution in [0.1, 0.15) is 13.8 Å². The van der Waals surface area contributed by atoms with Gasteiger partial charge in [0.25, 0.3) is 10.0 Å². The number of halogens is 1. The molecule has 1 amide bonds. The van der Waals surface area contributed by atoms with Crippen molar-refractivity contribution in [2.24, 2.45) is 5.73 Å². The summed E-state index contributed by atoms with van der Waals surface area (Å²) in [6, 6.07) is 18.3. The van der Waals surface area contributed by atoms with Gasteiger partial charge >= 0.3 is 0 Å². The fraction of sp³-hybridized carbons (Fsp3) is 0.192. The summed E-state index contributed by atoms with van der Waals surface area (Å²) in [6.07, 6.45) is 0. The second kappa shape index (κ2) is 10.3. The molecule has 0 aliphatic heterocycles. The first-order valence-electron chi connectivity index (χ1n) is 11.5. The lowest BCUT2D eigenvalue weighted by atomic mass is 10.0. The number of primary amides is 1. The molecule has 0 saturated heterocycles. The Labute approximate surface area is 225 Å². The number of nitrogens with zero attached hydrogens (tertiary/aromatic N) is 3. The van der Waals surface area contributed by atoms with Gasteiger partial charge in [0, 0.05) is 18.8 Å². The molecule has 0 atom stereocenters. The second-order valence-corrected chi connectivity index (χ2v) is 11.1. The number of carbonyl (C=O) groups is 1. The molecule has 0 aliphatic carbocycles. The van der Waals surface area contributed by atoms with Crippen molar-refractivity contribution in [2.75, 3.05) is 29.1 Å². The Morgan fingerprint density at radius 2 is 1.66 bits per heavy atom. The number of hydrogen-bond donors (Lipinski definition) is 3.